The molecule has 0 saturated heterocycles. The zero-order valence-electron chi connectivity index (χ0n) is 14.2. The molecule has 0 unspecified atom stereocenters. The van der Waals surface area contributed by atoms with Crippen molar-refractivity contribution in [2.24, 2.45) is 0 Å². The average Bonchev–Trinajstić information content (AvgIpc) is 2.87. The molecule has 27 heavy (non-hydrogen) atoms. The van der Waals surface area contributed by atoms with E-state index >= 15 is 0 Å². The highest BCUT2D eigenvalue weighted by Crippen LogP contribution is 2.46. The van der Waals surface area contributed by atoms with Gasteiger partial charge in [-0.3, -0.25) is 9.35 Å². The summed E-state index contributed by atoms with van der Waals surface area (Å²) in [5.41, 5.74) is 0.454. The molecular weight excluding hydrogens is 370 g/mol. The Hall–Kier alpha value is -3.40. The number of carbonyl (C=O) groups excluding carboxylic acids is 1. The molecule has 0 aromatic heterocycles. The summed E-state index contributed by atoms with van der Waals surface area (Å²) in [7, 11) is -4.37. The monoisotopic (exact) mass is 383 g/mol. The van der Waals surface area contributed by atoms with Gasteiger partial charge >= 0.3 is 0 Å². The largest absolute Gasteiger partial charge is 0.504 e. The van der Waals surface area contributed by atoms with Crippen molar-refractivity contribution in [1.82, 2.24) is 0 Å². The number of fused-ring (bicyclic) bond motifs is 1. The first-order chi connectivity index (χ1) is 12.5. The van der Waals surface area contributed by atoms with Gasteiger partial charge in [0.1, 0.15) is 17.7 Å². The molecule has 1 heterocycles. The molecule has 0 atom stereocenters. The number of nitrogens with zero attached hydrogens (tertiary/aromatic N) is 2. The van der Waals surface area contributed by atoms with E-state index in [1.807, 2.05) is 0 Å². The number of anilines is 1. The first-order valence-electron chi connectivity index (χ1n) is 7.66. The second kappa shape index (κ2) is 5.81. The van der Waals surface area contributed by atoms with Gasteiger partial charge in [-0.2, -0.15) is 18.9 Å². The second-order valence-electron chi connectivity index (χ2n) is 6.56. The topological polar surface area (TPSA) is 151 Å². The van der Waals surface area contributed by atoms with Crippen LogP contribution in [0.15, 0.2) is 57.3 Å². The molecule has 8 nitrogen and oxygen atoms in total. The molecule has 0 saturated carbocycles. The summed E-state index contributed by atoms with van der Waals surface area (Å²) >= 11 is 0. The van der Waals surface area contributed by atoms with E-state index in [0.717, 1.165) is 0 Å². The van der Waals surface area contributed by atoms with Gasteiger partial charge < -0.3 is 10.4 Å². The predicted octanol–water partition coefficient (Wildman–Crippen LogP) is 2.26. The summed E-state index contributed by atoms with van der Waals surface area (Å²) in [5.74, 6) is -1.32. The van der Waals surface area contributed by atoms with E-state index in [1.54, 1.807) is 26.0 Å². The van der Waals surface area contributed by atoms with Crippen LogP contribution in [-0.2, 0) is 20.3 Å². The third-order valence-electron chi connectivity index (χ3n) is 4.63. The fourth-order valence-corrected chi connectivity index (χ4v) is 3.57. The molecule has 9 heteroatoms. The molecule has 0 bridgehead atoms. The minimum atomic E-state index is -4.37. The van der Waals surface area contributed by atoms with Crippen LogP contribution >= 0.6 is 0 Å². The van der Waals surface area contributed by atoms with Crippen molar-refractivity contribution < 1.29 is 22.9 Å². The Morgan fingerprint density at radius 2 is 1.89 bits per heavy atom. The highest BCUT2D eigenvalue weighted by molar-refractivity contribution is 7.85. The van der Waals surface area contributed by atoms with E-state index in [2.05, 4.69) is 5.32 Å². The maximum absolute atomic E-state index is 11.8. The predicted molar refractivity (Wildman–Crippen MR) is 93.9 cm³/mol. The van der Waals surface area contributed by atoms with Crippen LogP contribution < -0.4 is 5.32 Å². The molecule has 0 amide bonds. The molecule has 1 aliphatic carbocycles. The average molecular weight is 383 g/mol. The standard InChI is InChI=1S/C18H13N3O5S/c1-18(2)12-5-10(27(24,25)26)3-4-13(12)21-14(18)6-11-15(9(7-19)8-20)17(23)16(11)22/h3-6,21-22H,1-2H3,(H,24,25,26). The number of ketones is 1. The quantitative estimate of drug-likeness (QED) is 0.399. The third-order valence-corrected chi connectivity index (χ3v) is 5.48. The van der Waals surface area contributed by atoms with Gasteiger partial charge in [0.2, 0.25) is 5.78 Å². The molecule has 2 aliphatic rings. The highest BCUT2D eigenvalue weighted by atomic mass is 32.2. The number of Topliss-reactive ketones (excluding diaryl/α,β-unsaturated/α-hetero) is 1. The minimum Gasteiger partial charge on any atom is -0.504 e. The van der Waals surface area contributed by atoms with Gasteiger partial charge in [0.05, 0.1) is 10.5 Å². The second-order valence-corrected chi connectivity index (χ2v) is 7.98. The fourth-order valence-electron chi connectivity index (χ4n) is 3.06. The molecule has 1 aromatic carbocycles. The van der Waals surface area contributed by atoms with Gasteiger partial charge in [-0.25, -0.2) is 0 Å². The van der Waals surface area contributed by atoms with Crippen molar-refractivity contribution in [3.8, 4) is 12.1 Å². The first kappa shape index (κ1) is 18.4. The number of aliphatic hydroxyl groups excluding tert-OH is 1. The van der Waals surface area contributed by atoms with Crippen molar-refractivity contribution in [3.63, 3.8) is 0 Å². The molecule has 0 spiro atoms. The lowest BCUT2D eigenvalue weighted by molar-refractivity contribution is -0.115. The van der Waals surface area contributed by atoms with E-state index in [-0.39, 0.29) is 16.0 Å². The maximum atomic E-state index is 11.8. The molecule has 0 radical (unpaired) electrons. The molecular formula is C18H13N3O5S. The Labute approximate surface area is 155 Å². The number of nitrogens with one attached hydrogen (secondary N) is 1. The van der Waals surface area contributed by atoms with E-state index in [4.69, 9.17) is 10.5 Å². The third kappa shape index (κ3) is 2.70. The van der Waals surface area contributed by atoms with E-state index in [9.17, 15) is 22.9 Å². The molecule has 1 aliphatic heterocycles. The number of allylic oxidation sites excluding steroid dienone is 5. The van der Waals surface area contributed by atoms with Gasteiger partial charge in [-0.15, -0.1) is 0 Å². The maximum Gasteiger partial charge on any atom is 0.294 e. The number of rotatable bonds is 2. The summed E-state index contributed by atoms with van der Waals surface area (Å²) in [6.45, 7) is 3.56. The summed E-state index contributed by atoms with van der Waals surface area (Å²) in [6, 6.07) is 7.34. The van der Waals surface area contributed by atoms with Crippen LogP contribution in [0, 0.1) is 22.7 Å². The van der Waals surface area contributed by atoms with Gasteiger partial charge in [0.15, 0.2) is 5.76 Å². The highest BCUT2D eigenvalue weighted by Gasteiger charge is 2.40. The lowest BCUT2D eigenvalue weighted by atomic mass is 9.79. The van der Waals surface area contributed by atoms with E-state index in [0.29, 0.717) is 16.9 Å². The normalized spacial score (nSPS) is 19.1. The van der Waals surface area contributed by atoms with E-state index < -0.39 is 32.6 Å². The van der Waals surface area contributed by atoms with Crippen molar-refractivity contribution in [3.05, 3.63) is 58.0 Å². The number of hydrogen-bond donors (Lipinski definition) is 3. The number of nitriles is 2. The van der Waals surface area contributed by atoms with Crippen LogP contribution in [0.1, 0.15) is 19.4 Å². The molecule has 3 rings (SSSR count). The lowest BCUT2D eigenvalue weighted by Crippen LogP contribution is -2.25. The summed E-state index contributed by atoms with van der Waals surface area (Å²) in [4.78, 5) is 11.6. The van der Waals surface area contributed by atoms with E-state index in [1.165, 1.54) is 24.3 Å². The zero-order chi connectivity index (χ0) is 20.1. The molecule has 1 aromatic rings. The Morgan fingerprint density at radius 1 is 1.26 bits per heavy atom. The van der Waals surface area contributed by atoms with Crippen LogP contribution in [0.3, 0.4) is 0 Å². The SMILES string of the molecule is CC1(C)C(=CC2=C(O)C(=O)C2=C(C#N)C#N)Nc2ccc(S(=O)(=O)O)cc21. The number of benzene rings is 1. The summed E-state index contributed by atoms with van der Waals surface area (Å²) in [6.07, 6.45) is 1.45. The Bertz CT molecular complexity index is 1170. The Balaban J connectivity index is 2.13. The zero-order valence-corrected chi connectivity index (χ0v) is 15.0. The first-order valence-corrected chi connectivity index (χ1v) is 9.10. The number of aliphatic hydroxyl groups is 1. The van der Waals surface area contributed by atoms with Crippen LogP contribution in [0.25, 0.3) is 0 Å². The van der Waals surface area contributed by atoms with Crippen LogP contribution in [0.2, 0.25) is 0 Å². The Kier molecular flexibility index (Phi) is 3.96. The number of hydrogen-bond acceptors (Lipinski definition) is 7. The van der Waals surface area contributed by atoms with Crippen molar-refractivity contribution in [2.45, 2.75) is 24.2 Å². The summed E-state index contributed by atoms with van der Waals surface area (Å²) < 4.78 is 32.0. The van der Waals surface area contributed by atoms with Crippen LogP contribution in [-0.4, -0.2) is 23.9 Å². The minimum absolute atomic E-state index is 0.0662. The summed E-state index contributed by atoms with van der Waals surface area (Å²) in [5, 5.41) is 30.9. The van der Waals surface area contributed by atoms with Gasteiger partial charge in [-0.05, 0) is 29.8 Å². The van der Waals surface area contributed by atoms with Gasteiger partial charge in [-0.1, -0.05) is 13.8 Å². The van der Waals surface area contributed by atoms with Gasteiger partial charge in [0, 0.05) is 22.4 Å². The van der Waals surface area contributed by atoms with Crippen LogP contribution in [0.4, 0.5) is 5.69 Å². The fraction of sp³-hybridized carbons (Fsp3) is 0.167. The lowest BCUT2D eigenvalue weighted by Gasteiger charge is -2.24. The van der Waals surface area contributed by atoms with Crippen molar-refractivity contribution in [2.75, 3.05) is 5.32 Å². The molecule has 3 N–H and O–H groups in total. The molecule has 0 fully saturated rings. The Morgan fingerprint density at radius 3 is 2.44 bits per heavy atom. The van der Waals surface area contributed by atoms with Crippen molar-refractivity contribution >= 4 is 21.6 Å². The smallest absolute Gasteiger partial charge is 0.294 e. The van der Waals surface area contributed by atoms with Gasteiger partial charge in [0.25, 0.3) is 10.1 Å². The number of carbonyl (C=O) groups is 1. The van der Waals surface area contributed by atoms with Crippen molar-refractivity contribution in [1.29, 1.82) is 10.5 Å². The van der Waals surface area contributed by atoms with Crippen LogP contribution in [0.5, 0.6) is 0 Å². The molecule has 136 valence electrons.